The Labute approximate surface area is 177 Å². The summed E-state index contributed by atoms with van der Waals surface area (Å²) >= 11 is 0. The largest absolute Gasteiger partial charge is 0.492 e. The van der Waals surface area contributed by atoms with Crippen LogP contribution in [-0.2, 0) is 6.54 Å². The van der Waals surface area contributed by atoms with E-state index in [1.807, 2.05) is 0 Å². The van der Waals surface area contributed by atoms with E-state index in [0.717, 1.165) is 37.7 Å². The monoisotopic (exact) mass is 400 g/mol. The van der Waals surface area contributed by atoms with Gasteiger partial charge in [-0.25, -0.2) is 0 Å². The van der Waals surface area contributed by atoms with Gasteiger partial charge >= 0.3 is 0 Å². The number of hydrogen-bond donors (Lipinski definition) is 0. The van der Waals surface area contributed by atoms with Crippen molar-refractivity contribution in [3.05, 3.63) is 60.7 Å². The molecule has 0 saturated carbocycles. The molecule has 154 valence electrons. The quantitative estimate of drug-likeness (QED) is 0.405. The SMILES string of the molecule is CCN(CC)CCOc1ccc(-c2ccccc2)c2c1c1cccc3c1n2CCO3. The number of rotatable bonds is 7. The van der Waals surface area contributed by atoms with Crippen LogP contribution in [0.25, 0.3) is 32.9 Å². The average Bonchev–Trinajstić information content (AvgIpc) is 3.14. The first-order valence-corrected chi connectivity index (χ1v) is 10.9. The highest BCUT2D eigenvalue weighted by atomic mass is 16.5. The van der Waals surface area contributed by atoms with Gasteiger partial charge in [-0.3, -0.25) is 0 Å². The summed E-state index contributed by atoms with van der Waals surface area (Å²) in [6.45, 7) is 9.63. The van der Waals surface area contributed by atoms with Crippen LogP contribution in [0.5, 0.6) is 11.5 Å². The van der Waals surface area contributed by atoms with Gasteiger partial charge in [0.1, 0.15) is 24.7 Å². The van der Waals surface area contributed by atoms with E-state index in [2.05, 4.69) is 84.0 Å². The Morgan fingerprint density at radius 1 is 0.933 bits per heavy atom. The van der Waals surface area contributed by atoms with Gasteiger partial charge < -0.3 is 18.9 Å². The molecule has 0 spiro atoms. The molecule has 0 aliphatic carbocycles. The molecule has 3 aromatic carbocycles. The van der Waals surface area contributed by atoms with Crippen LogP contribution in [0, 0.1) is 0 Å². The lowest BCUT2D eigenvalue weighted by atomic mass is 10.0. The number of hydrogen-bond acceptors (Lipinski definition) is 3. The summed E-state index contributed by atoms with van der Waals surface area (Å²) in [5.74, 6) is 1.92. The molecule has 0 unspecified atom stereocenters. The van der Waals surface area contributed by atoms with Crippen molar-refractivity contribution in [1.29, 1.82) is 0 Å². The molecule has 4 aromatic rings. The van der Waals surface area contributed by atoms with Crippen molar-refractivity contribution in [3.63, 3.8) is 0 Å². The maximum Gasteiger partial charge on any atom is 0.143 e. The zero-order valence-electron chi connectivity index (χ0n) is 17.7. The lowest BCUT2D eigenvalue weighted by molar-refractivity contribution is 0.224. The Morgan fingerprint density at radius 3 is 2.57 bits per heavy atom. The maximum atomic E-state index is 6.37. The molecule has 0 radical (unpaired) electrons. The van der Waals surface area contributed by atoms with Crippen LogP contribution in [0.4, 0.5) is 0 Å². The summed E-state index contributed by atoms with van der Waals surface area (Å²) in [7, 11) is 0. The second-order valence-corrected chi connectivity index (χ2v) is 7.73. The second kappa shape index (κ2) is 8.04. The molecule has 30 heavy (non-hydrogen) atoms. The van der Waals surface area contributed by atoms with Gasteiger partial charge in [0, 0.05) is 17.5 Å². The van der Waals surface area contributed by atoms with E-state index < -0.39 is 0 Å². The summed E-state index contributed by atoms with van der Waals surface area (Å²) in [6, 6.07) is 21.3. The number of benzene rings is 3. The summed E-state index contributed by atoms with van der Waals surface area (Å²) in [6.07, 6.45) is 0. The van der Waals surface area contributed by atoms with Gasteiger partial charge in [0.05, 0.1) is 23.0 Å². The highest BCUT2D eigenvalue weighted by molar-refractivity contribution is 6.17. The van der Waals surface area contributed by atoms with Crippen LogP contribution in [0.2, 0.25) is 0 Å². The first-order valence-electron chi connectivity index (χ1n) is 10.9. The van der Waals surface area contributed by atoms with Crippen molar-refractivity contribution in [3.8, 4) is 22.6 Å². The van der Waals surface area contributed by atoms with Crippen molar-refractivity contribution >= 4 is 21.8 Å². The summed E-state index contributed by atoms with van der Waals surface area (Å²) in [4.78, 5) is 2.39. The summed E-state index contributed by atoms with van der Waals surface area (Å²) in [5.41, 5.74) is 4.89. The van der Waals surface area contributed by atoms with Crippen LogP contribution >= 0.6 is 0 Å². The summed E-state index contributed by atoms with van der Waals surface area (Å²) in [5, 5.41) is 2.40. The van der Waals surface area contributed by atoms with Gasteiger partial charge in [-0.1, -0.05) is 56.3 Å². The zero-order chi connectivity index (χ0) is 20.5. The molecule has 0 N–H and O–H groups in total. The highest BCUT2D eigenvalue weighted by Gasteiger charge is 2.23. The average molecular weight is 401 g/mol. The molecular weight excluding hydrogens is 372 g/mol. The Balaban J connectivity index is 1.70. The predicted molar refractivity (Wildman–Crippen MR) is 124 cm³/mol. The van der Waals surface area contributed by atoms with E-state index in [9.17, 15) is 0 Å². The standard InChI is InChI=1S/C26H28N2O2/c1-3-27(4-2)15-17-29-22-14-13-20(19-9-6-5-7-10-19)26-24(22)21-11-8-12-23-25(21)28(26)16-18-30-23/h5-14H,3-4,15-18H2,1-2H3. The lowest BCUT2D eigenvalue weighted by Gasteiger charge is -2.19. The Morgan fingerprint density at radius 2 is 1.77 bits per heavy atom. The third kappa shape index (κ3) is 3.12. The molecule has 4 heteroatoms. The molecule has 5 rings (SSSR count). The molecule has 0 fully saturated rings. The van der Waals surface area contributed by atoms with E-state index in [0.29, 0.717) is 13.2 Å². The fourth-order valence-electron chi connectivity index (χ4n) is 4.61. The number of likely N-dealkylation sites (N-methyl/N-ethyl adjacent to an activating group) is 1. The smallest absolute Gasteiger partial charge is 0.143 e. The minimum atomic E-state index is 0.685. The van der Waals surface area contributed by atoms with E-state index in [1.165, 1.54) is 32.9 Å². The van der Waals surface area contributed by atoms with Crippen LogP contribution in [0.1, 0.15) is 13.8 Å². The first kappa shape index (κ1) is 19.0. The van der Waals surface area contributed by atoms with Crippen molar-refractivity contribution in [2.45, 2.75) is 20.4 Å². The molecule has 1 aliphatic heterocycles. The number of fused-ring (bicyclic) bond motifs is 3. The zero-order valence-corrected chi connectivity index (χ0v) is 17.7. The van der Waals surface area contributed by atoms with Gasteiger partial charge in [-0.05, 0) is 36.9 Å². The van der Waals surface area contributed by atoms with Gasteiger partial charge in [0.25, 0.3) is 0 Å². The molecule has 4 nitrogen and oxygen atoms in total. The van der Waals surface area contributed by atoms with Crippen molar-refractivity contribution < 1.29 is 9.47 Å². The number of aromatic nitrogens is 1. The molecule has 0 atom stereocenters. The van der Waals surface area contributed by atoms with E-state index in [4.69, 9.17) is 9.47 Å². The Bertz CT molecular complexity index is 1180. The van der Waals surface area contributed by atoms with Crippen molar-refractivity contribution in [2.75, 3.05) is 32.8 Å². The van der Waals surface area contributed by atoms with E-state index in [-0.39, 0.29) is 0 Å². The normalized spacial score (nSPS) is 13.2. The number of nitrogens with zero attached hydrogens (tertiary/aromatic N) is 2. The molecule has 1 aromatic heterocycles. The summed E-state index contributed by atoms with van der Waals surface area (Å²) < 4.78 is 14.8. The predicted octanol–water partition coefficient (Wildman–Crippen LogP) is 5.57. The third-order valence-electron chi connectivity index (χ3n) is 6.16. The fourth-order valence-corrected chi connectivity index (χ4v) is 4.61. The second-order valence-electron chi connectivity index (χ2n) is 7.73. The molecule has 0 saturated heterocycles. The number of ether oxygens (including phenoxy) is 2. The van der Waals surface area contributed by atoms with Gasteiger partial charge in [-0.15, -0.1) is 0 Å². The lowest BCUT2D eigenvalue weighted by Crippen LogP contribution is -2.27. The minimum absolute atomic E-state index is 0.685. The molecule has 0 amide bonds. The topological polar surface area (TPSA) is 26.6 Å². The highest BCUT2D eigenvalue weighted by Crippen LogP contribution is 2.44. The molecular formula is C26H28N2O2. The fraction of sp³-hybridized carbons (Fsp3) is 0.308. The van der Waals surface area contributed by atoms with Crippen LogP contribution in [-0.4, -0.2) is 42.3 Å². The van der Waals surface area contributed by atoms with Crippen LogP contribution < -0.4 is 9.47 Å². The number of para-hydroxylation sites is 1. The molecule has 1 aliphatic rings. The molecule has 2 heterocycles. The van der Waals surface area contributed by atoms with Gasteiger partial charge in [0.2, 0.25) is 0 Å². The van der Waals surface area contributed by atoms with Crippen LogP contribution in [0.15, 0.2) is 60.7 Å². The minimum Gasteiger partial charge on any atom is -0.492 e. The third-order valence-corrected chi connectivity index (χ3v) is 6.16. The van der Waals surface area contributed by atoms with Gasteiger partial charge in [0.15, 0.2) is 0 Å². The van der Waals surface area contributed by atoms with Gasteiger partial charge in [-0.2, -0.15) is 0 Å². The Hall–Kier alpha value is -2.98. The Kier molecular flexibility index (Phi) is 5.09. The van der Waals surface area contributed by atoms with E-state index >= 15 is 0 Å². The molecule has 0 bridgehead atoms. The first-order chi connectivity index (χ1) is 14.8. The maximum absolute atomic E-state index is 6.37. The van der Waals surface area contributed by atoms with Crippen LogP contribution in [0.3, 0.4) is 0 Å². The van der Waals surface area contributed by atoms with Crippen molar-refractivity contribution in [1.82, 2.24) is 9.47 Å². The van der Waals surface area contributed by atoms with Crippen molar-refractivity contribution in [2.24, 2.45) is 0 Å². The van der Waals surface area contributed by atoms with E-state index in [1.54, 1.807) is 0 Å².